The van der Waals surface area contributed by atoms with Crippen LogP contribution in [0.15, 0.2) is 163 Å². The van der Waals surface area contributed by atoms with Gasteiger partial charge in [-0.1, -0.05) is 184 Å². The first-order chi connectivity index (χ1) is 18.5. The molecule has 0 aliphatic carbocycles. The molecule has 0 spiro atoms. The van der Waals surface area contributed by atoms with Gasteiger partial charge in [0.2, 0.25) is 0 Å². The predicted molar refractivity (Wildman–Crippen MR) is 171 cm³/mol. The molecule has 0 aliphatic heterocycles. The Hall–Kier alpha value is -3.73. The topological polar surface area (TPSA) is 0 Å². The first-order valence-electron chi connectivity index (χ1n) is 13.5. The molecule has 0 aliphatic rings. The minimum Gasteiger partial charge on any atom is -0.0923 e. The molecule has 0 fully saturated rings. The van der Waals surface area contributed by atoms with Crippen molar-refractivity contribution in [2.24, 2.45) is 0 Å². The van der Waals surface area contributed by atoms with Gasteiger partial charge in [-0.15, -0.1) is 0 Å². The summed E-state index contributed by atoms with van der Waals surface area (Å²) in [6.45, 7) is 7.29. The number of rotatable bonds is 7. The van der Waals surface area contributed by atoms with Crippen molar-refractivity contribution in [3.8, 4) is 0 Å². The Morgan fingerprint density at radius 3 is 0.895 bits per heavy atom. The van der Waals surface area contributed by atoms with Gasteiger partial charge < -0.3 is 0 Å². The van der Waals surface area contributed by atoms with Crippen molar-refractivity contribution in [3.05, 3.63) is 163 Å². The van der Waals surface area contributed by atoms with Crippen LogP contribution in [-0.2, 0) is 0 Å². The standard InChI is InChI=1S/C36H36Si2/c1-36(2,3)38(34-25-15-7-16-26-34,35-27-17-8-18-28-35)30-29-37(31-19-9-4-10-20-31,32-21-11-5-12-22-32)33-23-13-6-14-24-33/h4-30H,1-3H3/b30-29+. The van der Waals surface area contributed by atoms with Gasteiger partial charge in [0.05, 0.1) is 0 Å². The molecule has 5 rings (SSSR count). The molecule has 38 heavy (non-hydrogen) atoms. The van der Waals surface area contributed by atoms with E-state index in [-0.39, 0.29) is 5.04 Å². The van der Waals surface area contributed by atoms with Gasteiger partial charge in [-0.2, -0.15) is 0 Å². The smallest absolute Gasteiger partial charge is 0.0923 e. The van der Waals surface area contributed by atoms with E-state index in [1.807, 2.05) is 0 Å². The van der Waals surface area contributed by atoms with Gasteiger partial charge in [-0.3, -0.25) is 0 Å². The van der Waals surface area contributed by atoms with E-state index in [1.54, 1.807) is 0 Å². The third kappa shape index (κ3) is 4.66. The van der Waals surface area contributed by atoms with Gasteiger partial charge >= 0.3 is 0 Å². The number of benzene rings is 5. The van der Waals surface area contributed by atoms with Gasteiger partial charge in [0.1, 0.15) is 8.07 Å². The van der Waals surface area contributed by atoms with E-state index in [1.165, 1.54) is 25.9 Å². The fourth-order valence-electron chi connectivity index (χ4n) is 6.02. The predicted octanol–water partition coefficient (Wildman–Crippen LogP) is 5.85. The van der Waals surface area contributed by atoms with Crippen molar-refractivity contribution < 1.29 is 0 Å². The Morgan fingerprint density at radius 2 is 0.632 bits per heavy atom. The van der Waals surface area contributed by atoms with Gasteiger partial charge in [0.25, 0.3) is 0 Å². The van der Waals surface area contributed by atoms with Crippen LogP contribution < -0.4 is 25.9 Å². The summed E-state index contributed by atoms with van der Waals surface area (Å²) in [5.74, 6) is 0. The number of hydrogen-bond acceptors (Lipinski definition) is 0. The maximum atomic E-state index is 2.69. The monoisotopic (exact) mass is 524 g/mol. The minimum atomic E-state index is -2.52. The highest BCUT2D eigenvalue weighted by Crippen LogP contribution is 2.37. The Bertz CT molecular complexity index is 1320. The lowest BCUT2D eigenvalue weighted by molar-refractivity contribution is 0.739. The SMILES string of the molecule is CC(C)(C)[Si](/C=C/[Si](c1ccccc1)(c1ccccc1)c1ccccc1)(c1ccccc1)c1ccccc1. The van der Waals surface area contributed by atoms with E-state index in [9.17, 15) is 0 Å². The first-order valence-corrected chi connectivity index (χ1v) is 17.6. The average Bonchev–Trinajstić information content (AvgIpc) is 2.97. The van der Waals surface area contributed by atoms with Crippen molar-refractivity contribution in [3.63, 3.8) is 0 Å². The van der Waals surface area contributed by atoms with Gasteiger partial charge in [-0.05, 0) is 31.0 Å². The lowest BCUT2D eigenvalue weighted by atomic mass is 10.2. The summed E-state index contributed by atoms with van der Waals surface area (Å²) in [6, 6.07) is 56.1. The van der Waals surface area contributed by atoms with Crippen LogP contribution in [-0.4, -0.2) is 16.1 Å². The van der Waals surface area contributed by atoms with E-state index < -0.39 is 16.1 Å². The molecule has 0 unspecified atom stereocenters. The van der Waals surface area contributed by atoms with Crippen molar-refractivity contribution in [1.82, 2.24) is 0 Å². The summed E-state index contributed by atoms with van der Waals surface area (Å²) in [5.41, 5.74) is 5.36. The fraction of sp³-hybridized carbons (Fsp3) is 0.111. The van der Waals surface area contributed by atoms with Crippen LogP contribution >= 0.6 is 0 Å². The molecule has 188 valence electrons. The minimum absolute atomic E-state index is 0.0520. The molecule has 0 saturated heterocycles. The van der Waals surface area contributed by atoms with Crippen LogP contribution in [0.4, 0.5) is 0 Å². The molecular formula is C36H36Si2. The van der Waals surface area contributed by atoms with Crippen molar-refractivity contribution in [2.75, 3.05) is 0 Å². The molecule has 0 N–H and O–H groups in total. The highest BCUT2D eigenvalue weighted by molar-refractivity contribution is 7.16. The summed E-state index contributed by atoms with van der Waals surface area (Å²) >= 11 is 0. The maximum absolute atomic E-state index is 2.69. The molecule has 0 amide bonds. The maximum Gasteiger partial charge on any atom is 0.171 e. The molecule has 5 aromatic carbocycles. The Kier molecular flexibility index (Phi) is 7.46. The third-order valence-electron chi connectivity index (χ3n) is 7.91. The second-order valence-corrected chi connectivity index (χ2v) is 19.3. The molecule has 0 heterocycles. The lowest BCUT2D eigenvalue weighted by Crippen LogP contribution is -2.68. The van der Waals surface area contributed by atoms with Crippen LogP contribution in [0, 0.1) is 0 Å². The van der Waals surface area contributed by atoms with E-state index in [2.05, 4.69) is 184 Å². The molecule has 0 atom stereocenters. The summed E-state index contributed by atoms with van der Waals surface area (Å²) in [4.78, 5) is 0. The fourth-order valence-corrected chi connectivity index (χ4v) is 16.1. The highest BCUT2D eigenvalue weighted by atomic mass is 28.3. The van der Waals surface area contributed by atoms with Crippen LogP contribution in [0.5, 0.6) is 0 Å². The second-order valence-electron chi connectivity index (χ2n) is 11.0. The van der Waals surface area contributed by atoms with Crippen molar-refractivity contribution >= 4 is 42.1 Å². The molecule has 0 saturated carbocycles. The molecule has 0 bridgehead atoms. The molecular weight excluding hydrogens is 489 g/mol. The summed E-state index contributed by atoms with van der Waals surface area (Å²) < 4.78 is 0. The van der Waals surface area contributed by atoms with Crippen LogP contribution in [0.1, 0.15) is 20.8 Å². The highest BCUT2D eigenvalue weighted by Gasteiger charge is 2.47. The zero-order valence-corrected chi connectivity index (χ0v) is 24.6. The van der Waals surface area contributed by atoms with E-state index in [0.717, 1.165) is 0 Å². The first kappa shape index (κ1) is 25.9. The molecule has 0 nitrogen and oxygen atoms in total. The normalized spacial score (nSPS) is 12.5. The molecule has 0 radical (unpaired) electrons. The van der Waals surface area contributed by atoms with Crippen LogP contribution in [0.2, 0.25) is 5.04 Å². The summed E-state index contributed by atoms with van der Waals surface area (Å²) in [6.07, 6.45) is 0. The Balaban J connectivity index is 1.88. The molecule has 0 aromatic heterocycles. The van der Waals surface area contributed by atoms with Gasteiger partial charge in [0.15, 0.2) is 8.07 Å². The Labute approximate surface area is 230 Å². The van der Waals surface area contributed by atoms with Crippen molar-refractivity contribution in [2.45, 2.75) is 25.8 Å². The van der Waals surface area contributed by atoms with Gasteiger partial charge in [0, 0.05) is 0 Å². The Morgan fingerprint density at radius 1 is 0.368 bits per heavy atom. The average molecular weight is 525 g/mol. The molecule has 5 aromatic rings. The van der Waals surface area contributed by atoms with E-state index in [4.69, 9.17) is 0 Å². The number of hydrogen-bond donors (Lipinski definition) is 0. The third-order valence-corrected chi connectivity index (χ3v) is 18.2. The summed E-state index contributed by atoms with van der Waals surface area (Å²) in [7, 11) is -4.93. The largest absolute Gasteiger partial charge is 0.171 e. The van der Waals surface area contributed by atoms with E-state index in [0.29, 0.717) is 0 Å². The van der Waals surface area contributed by atoms with Gasteiger partial charge in [-0.25, -0.2) is 0 Å². The quantitative estimate of drug-likeness (QED) is 0.185. The van der Waals surface area contributed by atoms with E-state index >= 15 is 0 Å². The van der Waals surface area contributed by atoms with Crippen LogP contribution in [0.25, 0.3) is 0 Å². The lowest BCUT2D eigenvalue weighted by Gasteiger charge is -2.43. The second kappa shape index (κ2) is 10.9. The molecule has 2 heteroatoms. The van der Waals surface area contributed by atoms with Crippen molar-refractivity contribution in [1.29, 1.82) is 0 Å². The zero-order valence-electron chi connectivity index (χ0n) is 22.6. The summed E-state index contributed by atoms with van der Waals surface area (Å²) in [5, 5.41) is 7.18. The zero-order chi connectivity index (χ0) is 26.5. The van der Waals surface area contributed by atoms with Crippen LogP contribution in [0.3, 0.4) is 0 Å².